The van der Waals surface area contributed by atoms with Gasteiger partial charge in [0.1, 0.15) is 0 Å². The van der Waals surface area contributed by atoms with E-state index < -0.39 is 10.0 Å². The van der Waals surface area contributed by atoms with E-state index in [1.807, 2.05) is 0 Å². The second kappa shape index (κ2) is 5.84. The minimum absolute atomic E-state index is 0.0267. The summed E-state index contributed by atoms with van der Waals surface area (Å²) in [5.74, 6) is 0.267. The lowest BCUT2D eigenvalue weighted by atomic mass is 10.3. The summed E-state index contributed by atoms with van der Waals surface area (Å²) in [4.78, 5) is 3.99. The van der Waals surface area contributed by atoms with Crippen LogP contribution in [0.15, 0.2) is 23.4 Å². The molecule has 9 nitrogen and oxygen atoms in total. The highest BCUT2D eigenvalue weighted by molar-refractivity contribution is 7.89. The third-order valence-electron chi connectivity index (χ3n) is 3.05. The molecule has 1 fully saturated rings. The summed E-state index contributed by atoms with van der Waals surface area (Å²) in [6.45, 7) is 0.666. The van der Waals surface area contributed by atoms with E-state index in [4.69, 9.17) is 0 Å². The van der Waals surface area contributed by atoms with Gasteiger partial charge in [-0.05, 0) is 24.5 Å². The van der Waals surface area contributed by atoms with Gasteiger partial charge in [-0.25, -0.2) is 18.1 Å². The van der Waals surface area contributed by atoms with Crippen LogP contribution in [0.25, 0.3) is 0 Å². The van der Waals surface area contributed by atoms with Gasteiger partial charge in [-0.2, -0.15) is 5.21 Å². The van der Waals surface area contributed by atoms with Crippen molar-refractivity contribution in [1.29, 1.82) is 0 Å². The Hall–Kier alpha value is -1.91. The van der Waals surface area contributed by atoms with Crippen LogP contribution in [0.1, 0.15) is 24.2 Å². The van der Waals surface area contributed by atoms with E-state index in [0.29, 0.717) is 12.6 Å². The third kappa shape index (κ3) is 3.80. The number of nitrogens with zero attached hydrogens (tertiary/aromatic N) is 4. The smallest absolute Gasteiger partial charge is 0.258 e. The van der Waals surface area contributed by atoms with Crippen molar-refractivity contribution in [2.75, 3.05) is 0 Å². The van der Waals surface area contributed by atoms with Crippen LogP contribution in [0, 0.1) is 0 Å². The number of hydrogen-bond donors (Lipinski definition) is 3. The number of aromatic amines is 1. The molecule has 0 aliphatic heterocycles. The first-order chi connectivity index (χ1) is 10.1. The van der Waals surface area contributed by atoms with Crippen LogP contribution in [0.2, 0.25) is 0 Å². The number of pyridine rings is 1. The first kappa shape index (κ1) is 14.0. The SMILES string of the molecule is O=S(=O)(NCc1nn[nH]n1)c1ccc(CNC2CC2)cn1. The molecule has 3 rings (SSSR count). The molecule has 21 heavy (non-hydrogen) atoms. The summed E-state index contributed by atoms with van der Waals surface area (Å²) in [5.41, 5.74) is 0.957. The van der Waals surface area contributed by atoms with Crippen molar-refractivity contribution >= 4 is 10.0 Å². The fourth-order valence-electron chi connectivity index (χ4n) is 1.72. The van der Waals surface area contributed by atoms with E-state index in [1.165, 1.54) is 18.9 Å². The topological polar surface area (TPSA) is 126 Å². The molecule has 1 aliphatic rings. The van der Waals surface area contributed by atoms with Gasteiger partial charge in [0.2, 0.25) is 0 Å². The molecule has 0 spiro atoms. The number of sulfonamides is 1. The summed E-state index contributed by atoms with van der Waals surface area (Å²) >= 11 is 0. The molecule has 0 radical (unpaired) electrons. The number of hydrogen-bond acceptors (Lipinski definition) is 7. The summed E-state index contributed by atoms with van der Waals surface area (Å²) in [7, 11) is -3.68. The molecule has 0 atom stereocenters. The van der Waals surface area contributed by atoms with Crippen molar-refractivity contribution < 1.29 is 8.42 Å². The monoisotopic (exact) mass is 309 g/mol. The average Bonchev–Trinajstić information content (AvgIpc) is 3.17. The molecule has 10 heteroatoms. The van der Waals surface area contributed by atoms with Crippen LogP contribution >= 0.6 is 0 Å². The maximum Gasteiger partial charge on any atom is 0.258 e. The molecule has 0 bridgehead atoms. The molecule has 2 aromatic heterocycles. The number of H-pyrrole nitrogens is 1. The fraction of sp³-hybridized carbons (Fsp3) is 0.455. The summed E-state index contributed by atoms with van der Waals surface area (Å²) in [6.07, 6.45) is 3.98. The molecular formula is C11H15N7O2S. The minimum atomic E-state index is -3.68. The molecule has 0 saturated heterocycles. The molecule has 0 unspecified atom stereocenters. The van der Waals surface area contributed by atoms with Crippen molar-refractivity contribution in [3.05, 3.63) is 29.7 Å². The van der Waals surface area contributed by atoms with Crippen molar-refractivity contribution in [3.63, 3.8) is 0 Å². The third-order valence-corrected chi connectivity index (χ3v) is 4.37. The second-order valence-corrected chi connectivity index (χ2v) is 6.53. The van der Waals surface area contributed by atoms with Crippen molar-refractivity contribution in [1.82, 2.24) is 35.6 Å². The van der Waals surface area contributed by atoms with Gasteiger partial charge in [0.15, 0.2) is 10.9 Å². The maximum absolute atomic E-state index is 12.0. The quantitative estimate of drug-likeness (QED) is 0.619. The highest BCUT2D eigenvalue weighted by Gasteiger charge is 2.20. The van der Waals surface area contributed by atoms with Crippen molar-refractivity contribution in [3.8, 4) is 0 Å². The van der Waals surface area contributed by atoms with Crippen LogP contribution in [0.4, 0.5) is 0 Å². The Morgan fingerprint density at radius 3 is 2.76 bits per heavy atom. The van der Waals surface area contributed by atoms with Crippen molar-refractivity contribution in [2.45, 2.75) is 37.0 Å². The maximum atomic E-state index is 12.0. The van der Waals surface area contributed by atoms with Gasteiger partial charge < -0.3 is 5.32 Å². The summed E-state index contributed by atoms with van der Waals surface area (Å²) < 4.78 is 26.4. The van der Waals surface area contributed by atoms with E-state index >= 15 is 0 Å². The van der Waals surface area contributed by atoms with Crippen LogP contribution in [-0.4, -0.2) is 40.1 Å². The van der Waals surface area contributed by atoms with Crippen molar-refractivity contribution in [2.24, 2.45) is 0 Å². The molecule has 3 N–H and O–H groups in total. The normalized spacial score (nSPS) is 15.2. The Balaban J connectivity index is 1.61. The molecule has 2 heterocycles. The van der Waals surface area contributed by atoms with Crippen LogP contribution in [0.3, 0.4) is 0 Å². The molecule has 112 valence electrons. The standard InChI is InChI=1S/C11H15N7O2S/c19-21(20,14-7-10-15-17-18-16-10)11-4-1-8(6-13-11)5-12-9-2-3-9/h1,4,6,9,12,14H,2-3,5,7H2,(H,15,16,17,18). The Labute approximate surface area is 121 Å². The molecule has 1 saturated carbocycles. The predicted molar refractivity (Wildman–Crippen MR) is 72.3 cm³/mol. The summed E-state index contributed by atoms with van der Waals surface area (Å²) in [5, 5.41) is 16.3. The molecule has 0 amide bonds. The van der Waals surface area contributed by atoms with E-state index in [9.17, 15) is 8.42 Å². The predicted octanol–water partition coefficient (Wildman–Crippen LogP) is -0.675. The van der Waals surface area contributed by atoms with Gasteiger partial charge in [0.05, 0.1) is 6.54 Å². The second-order valence-electron chi connectivity index (χ2n) is 4.81. The zero-order valence-corrected chi connectivity index (χ0v) is 12.0. The Morgan fingerprint density at radius 2 is 2.14 bits per heavy atom. The zero-order chi connectivity index (χ0) is 14.7. The van der Waals surface area contributed by atoms with Gasteiger partial charge in [0, 0.05) is 18.8 Å². The fourth-order valence-corrected chi connectivity index (χ4v) is 2.62. The van der Waals surface area contributed by atoms with Gasteiger partial charge in [-0.15, -0.1) is 10.2 Å². The first-order valence-corrected chi connectivity index (χ1v) is 8.02. The molecular weight excluding hydrogens is 294 g/mol. The molecule has 1 aliphatic carbocycles. The largest absolute Gasteiger partial charge is 0.310 e. The van der Waals surface area contributed by atoms with E-state index in [2.05, 4.69) is 35.6 Å². The van der Waals surface area contributed by atoms with E-state index in [1.54, 1.807) is 12.3 Å². The van der Waals surface area contributed by atoms with Gasteiger partial charge in [-0.1, -0.05) is 11.3 Å². The first-order valence-electron chi connectivity index (χ1n) is 6.54. The number of aromatic nitrogens is 5. The lowest BCUT2D eigenvalue weighted by molar-refractivity contribution is 0.575. The number of nitrogens with one attached hydrogen (secondary N) is 3. The van der Waals surface area contributed by atoms with E-state index in [-0.39, 0.29) is 17.4 Å². The van der Waals surface area contributed by atoms with Crippen LogP contribution in [-0.2, 0) is 23.1 Å². The minimum Gasteiger partial charge on any atom is -0.310 e. The van der Waals surface area contributed by atoms with E-state index in [0.717, 1.165) is 5.56 Å². The van der Waals surface area contributed by atoms with Gasteiger partial charge in [0.25, 0.3) is 10.0 Å². The molecule has 2 aromatic rings. The zero-order valence-electron chi connectivity index (χ0n) is 11.2. The lowest BCUT2D eigenvalue weighted by Gasteiger charge is -2.06. The summed E-state index contributed by atoms with van der Waals surface area (Å²) in [6, 6.07) is 3.85. The highest BCUT2D eigenvalue weighted by Crippen LogP contribution is 2.19. The van der Waals surface area contributed by atoms with Gasteiger partial charge in [-0.3, -0.25) is 0 Å². The average molecular weight is 309 g/mol. The Kier molecular flexibility index (Phi) is 3.90. The Morgan fingerprint density at radius 1 is 1.29 bits per heavy atom. The highest BCUT2D eigenvalue weighted by atomic mass is 32.2. The lowest BCUT2D eigenvalue weighted by Crippen LogP contribution is -2.25. The van der Waals surface area contributed by atoms with Crippen LogP contribution in [0.5, 0.6) is 0 Å². The number of rotatable bonds is 7. The Bertz CT molecular complexity index is 680. The number of tetrazole rings is 1. The molecule has 0 aromatic carbocycles. The van der Waals surface area contributed by atoms with Gasteiger partial charge >= 0.3 is 0 Å². The van der Waals surface area contributed by atoms with Crippen LogP contribution < -0.4 is 10.0 Å².